The SMILES string of the molecule is O=C(N[C@@H]1CC[C@@H]2CCCN2C1)c1n[nH]c2ccccc12.O=CO. The molecule has 2 aliphatic rings. The summed E-state index contributed by atoms with van der Waals surface area (Å²) in [6.07, 6.45) is 4.90. The molecular weight excluding hydrogens is 308 g/mol. The van der Waals surface area contributed by atoms with Gasteiger partial charge in [-0.05, 0) is 38.3 Å². The minimum Gasteiger partial charge on any atom is -0.483 e. The maximum atomic E-state index is 12.5. The summed E-state index contributed by atoms with van der Waals surface area (Å²) in [5.41, 5.74) is 1.42. The fourth-order valence-corrected chi connectivity index (χ4v) is 3.74. The molecule has 4 rings (SSSR count). The number of carbonyl (C=O) groups excluding carboxylic acids is 1. The van der Waals surface area contributed by atoms with Gasteiger partial charge >= 0.3 is 0 Å². The van der Waals surface area contributed by atoms with Gasteiger partial charge in [0.15, 0.2) is 5.69 Å². The molecule has 0 bridgehead atoms. The van der Waals surface area contributed by atoms with Crippen LogP contribution in [0.5, 0.6) is 0 Å². The van der Waals surface area contributed by atoms with Crippen LogP contribution in [0.2, 0.25) is 0 Å². The maximum absolute atomic E-state index is 12.5. The topological polar surface area (TPSA) is 98.3 Å². The summed E-state index contributed by atoms with van der Waals surface area (Å²) < 4.78 is 0. The highest BCUT2D eigenvalue weighted by atomic mass is 16.3. The van der Waals surface area contributed by atoms with Crippen LogP contribution >= 0.6 is 0 Å². The van der Waals surface area contributed by atoms with E-state index in [4.69, 9.17) is 9.90 Å². The number of amides is 1. The number of carboxylic acid groups (broad SMARTS) is 1. The second kappa shape index (κ2) is 7.44. The van der Waals surface area contributed by atoms with Crippen LogP contribution in [0, 0.1) is 0 Å². The van der Waals surface area contributed by atoms with E-state index in [1.54, 1.807) is 0 Å². The zero-order valence-electron chi connectivity index (χ0n) is 13.4. The molecule has 3 heterocycles. The van der Waals surface area contributed by atoms with E-state index in [1.807, 2.05) is 24.3 Å². The van der Waals surface area contributed by atoms with Gasteiger partial charge in [0.2, 0.25) is 0 Å². The molecule has 2 aliphatic heterocycles. The fourth-order valence-electron chi connectivity index (χ4n) is 3.74. The van der Waals surface area contributed by atoms with Crippen LogP contribution in [0.25, 0.3) is 10.9 Å². The molecule has 2 saturated heterocycles. The number of aromatic nitrogens is 2. The molecule has 1 amide bonds. The smallest absolute Gasteiger partial charge is 0.290 e. The van der Waals surface area contributed by atoms with Crippen molar-refractivity contribution in [3.8, 4) is 0 Å². The molecule has 0 spiro atoms. The van der Waals surface area contributed by atoms with Gasteiger partial charge in [0.05, 0.1) is 5.52 Å². The highest BCUT2D eigenvalue weighted by molar-refractivity contribution is 6.04. The minimum atomic E-state index is -0.250. The van der Waals surface area contributed by atoms with Crippen molar-refractivity contribution in [2.24, 2.45) is 0 Å². The molecule has 2 atom stereocenters. The lowest BCUT2D eigenvalue weighted by molar-refractivity contribution is -0.122. The Morgan fingerprint density at radius 2 is 2.12 bits per heavy atom. The molecule has 128 valence electrons. The Morgan fingerprint density at radius 1 is 1.33 bits per heavy atom. The zero-order chi connectivity index (χ0) is 16.9. The van der Waals surface area contributed by atoms with Crippen molar-refractivity contribution >= 4 is 23.3 Å². The van der Waals surface area contributed by atoms with Gasteiger partial charge in [-0.25, -0.2) is 0 Å². The lowest BCUT2D eigenvalue weighted by Gasteiger charge is -2.35. The predicted octanol–water partition coefficient (Wildman–Crippen LogP) is 1.62. The van der Waals surface area contributed by atoms with Crippen LogP contribution in [0.15, 0.2) is 24.3 Å². The highest BCUT2D eigenvalue weighted by Crippen LogP contribution is 2.27. The quantitative estimate of drug-likeness (QED) is 0.727. The largest absolute Gasteiger partial charge is 0.483 e. The summed E-state index contributed by atoms with van der Waals surface area (Å²) in [5, 5.41) is 18.0. The Bertz CT molecular complexity index is 715. The number of aromatic amines is 1. The van der Waals surface area contributed by atoms with Crippen LogP contribution in [0.4, 0.5) is 0 Å². The lowest BCUT2D eigenvalue weighted by atomic mass is 9.99. The molecule has 0 saturated carbocycles. The molecule has 0 radical (unpaired) electrons. The van der Waals surface area contributed by atoms with E-state index in [1.165, 1.54) is 25.8 Å². The highest BCUT2D eigenvalue weighted by Gasteiger charge is 2.32. The molecule has 2 fully saturated rings. The number of rotatable bonds is 2. The van der Waals surface area contributed by atoms with E-state index in [9.17, 15) is 4.79 Å². The zero-order valence-corrected chi connectivity index (χ0v) is 13.4. The number of carbonyl (C=O) groups is 2. The van der Waals surface area contributed by atoms with Crippen LogP contribution in [0.3, 0.4) is 0 Å². The Kier molecular flexibility index (Phi) is 5.10. The van der Waals surface area contributed by atoms with E-state index in [-0.39, 0.29) is 18.4 Å². The van der Waals surface area contributed by atoms with E-state index in [2.05, 4.69) is 20.4 Å². The van der Waals surface area contributed by atoms with Gasteiger partial charge in [0.25, 0.3) is 12.4 Å². The van der Waals surface area contributed by atoms with Crippen LogP contribution in [-0.2, 0) is 4.79 Å². The molecule has 1 aromatic carbocycles. The third kappa shape index (κ3) is 3.41. The first-order chi connectivity index (χ1) is 11.7. The van der Waals surface area contributed by atoms with Gasteiger partial charge in [0, 0.05) is 24.0 Å². The Morgan fingerprint density at radius 3 is 2.96 bits per heavy atom. The molecular formula is C17H22N4O3. The number of fused-ring (bicyclic) bond motifs is 2. The summed E-state index contributed by atoms with van der Waals surface area (Å²) in [6.45, 7) is 1.92. The first-order valence-corrected chi connectivity index (χ1v) is 8.28. The van der Waals surface area contributed by atoms with E-state index < -0.39 is 0 Å². The Hall–Kier alpha value is -2.41. The summed E-state index contributed by atoms with van der Waals surface area (Å²) in [5.74, 6) is -0.0601. The first kappa shape index (κ1) is 16.4. The van der Waals surface area contributed by atoms with Crippen molar-refractivity contribution in [2.45, 2.75) is 37.8 Å². The second-order valence-electron chi connectivity index (χ2n) is 6.26. The standard InChI is InChI=1S/C16H20N4O.CH2O2/c21-16(15-13-5-1-2-6-14(13)18-19-15)17-11-7-8-12-4-3-9-20(12)10-11;2-1-3/h1-2,5-6,11-12H,3-4,7-10H2,(H,17,21)(H,18,19);1H,(H,2,3)/t11-,12+;/m1./s1. The molecule has 24 heavy (non-hydrogen) atoms. The number of H-pyrrole nitrogens is 1. The van der Waals surface area contributed by atoms with E-state index in [0.717, 1.165) is 29.9 Å². The van der Waals surface area contributed by atoms with Crippen molar-refractivity contribution in [3.63, 3.8) is 0 Å². The first-order valence-electron chi connectivity index (χ1n) is 8.28. The van der Waals surface area contributed by atoms with Crippen molar-refractivity contribution in [2.75, 3.05) is 13.1 Å². The number of nitrogens with one attached hydrogen (secondary N) is 2. The second-order valence-corrected chi connectivity index (χ2v) is 6.26. The third-order valence-electron chi connectivity index (χ3n) is 4.82. The number of hydrogen-bond donors (Lipinski definition) is 3. The third-order valence-corrected chi connectivity index (χ3v) is 4.82. The van der Waals surface area contributed by atoms with E-state index in [0.29, 0.717) is 5.69 Å². The van der Waals surface area contributed by atoms with Gasteiger partial charge in [-0.1, -0.05) is 18.2 Å². The lowest BCUT2D eigenvalue weighted by Crippen LogP contribution is -2.49. The van der Waals surface area contributed by atoms with Crippen molar-refractivity contribution in [3.05, 3.63) is 30.0 Å². The molecule has 7 heteroatoms. The minimum absolute atomic E-state index is 0.0601. The molecule has 0 unspecified atom stereocenters. The summed E-state index contributed by atoms with van der Waals surface area (Å²) in [4.78, 5) is 23.4. The molecule has 1 aromatic heterocycles. The fraction of sp³-hybridized carbons (Fsp3) is 0.471. The summed E-state index contributed by atoms with van der Waals surface area (Å²) >= 11 is 0. The van der Waals surface area contributed by atoms with Crippen molar-refractivity contribution in [1.82, 2.24) is 20.4 Å². The normalized spacial score (nSPS) is 23.2. The average Bonchev–Trinajstić information content (AvgIpc) is 3.21. The predicted molar refractivity (Wildman–Crippen MR) is 89.9 cm³/mol. The average molecular weight is 330 g/mol. The number of para-hydroxylation sites is 1. The summed E-state index contributed by atoms with van der Waals surface area (Å²) in [7, 11) is 0. The number of hydrogen-bond acceptors (Lipinski definition) is 4. The Balaban J connectivity index is 0.000000526. The van der Waals surface area contributed by atoms with Gasteiger partial charge in [-0.3, -0.25) is 19.6 Å². The van der Waals surface area contributed by atoms with Gasteiger partial charge in [-0.2, -0.15) is 5.10 Å². The maximum Gasteiger partial charge on any atom is 0.290 e. The number of piperidine rings is 1. The van der Waals surface area contributed by atoms with Crippen molar-refractivity contribution in [1.29, 1.82) is 0 Å². The monoisotopic (exact) mass is 330 g/mol. The van der Waals surface area contributed by atoms with Crippen LogP contribution < -0.4 is 5.32 Å². The molecule has 2 aromatic rings. The number of nitrogens with zero attached hydrogens (tertiary/aromatic N) is 2. The van der Waals surface area contributed by atoms with Gasteiger partial charge in [-0.15, -0.1) is 0 Å². The van der Waals surface area contributed by atoms with Gasteiger partial charge in [0.1, 0.15) is 0 Å². The van der Waals surface area contributed by atoms with Crippen molar-refractivity contribution < 1.29 is 14.7 Å². The Labute approximate surface area is 140 Å². The molecule has 7 nitrogen and oxygen atoms in total. The summed E-state index contributed by atoms with van der Waals surface area (Å²) in [6, 6.07) is 8.76. The van der Waals surface area contributed by atoms with E-state index >= 15 is 0 Å². The van der Waals surface area contributed by atoms with Gasteiger partial charge < -0.3 is 10.4 Å². The van der Waals surface area contributed by atoms with Crippen LogP contribution in [0.1, 0.15) is 36.2 Å². The van der Waals surface area contributed by atoms with Crippen LogP contribution in [-0.4, -0.2) is 57.8 Å². The number of benzene rings is 1. The molecule has 0 aliphatic carbocycles. The molecule has 3 N–H and O–H groups in total.